The Labute approximate surface area is 198 Å². The Morgan fingerprint density at radius 3 is 2.70 bits per heavy atom. The van der Waals surface area contributed by atoms with Crippen LogP contribution in [0.2, 0.25) is 0 Å². The molecule has 7 heteroatoms. The lowest BCUT2D eigenvalue weighted by atomic mass is 9.95. The largest absolute Gasteiger partial charge is 0.497 e. The lowest BCUT2D eigenvalue weighted by molar-refractivity contribution is -0.115. The highest BCUT2D eigenvalue weighted by atomic mass is 32.1. The second-order valence-electron chi connectivity index (χ2n) is 7.33. The summed E-state index contributed by atoms with van der Waals surface area (Å²) >= 11 is 1.45. The molecule has 0 aliphatic carbocycles. The van der Waals surface area contributed by atoms with Crippen molar-refractivity contribution in [1.29, 1.82) is 5.26 Å². The quantitative estimate of drug-likeness (QED) is 0.249. The lowest BCUT2D eigenvalue weighted by Crippen LogP contribution is -2.25. The Kier molecular flexibility index (Phi) is 8.39. The summed E-state index contributed by atoms with van der Waals surface area (Å²) in [5.41, 5.74) is 9.74. The molecule has 0 saturated heterocycles. The normalized spacial score (nSPS) is 12.6. The van der Waals surface area contributed by atoms with Gasteiger partial charge in [-0.3, -0.25) is 9.79 Å². The number of nitrogens with two attached hydrogens (primary N) is 1. The fourth-order valence-corrected chi connectivity index (χ4v) is 3.89. The number of carbonyl (C=O) groups excluding carboxylic acids is 1. The molecule has 0 fully saturated rings. The van der Waals surface area contributed by atoms with Gasteiger partial charge in [0.25, 0.3) is 0 Å². The Hall–Kier alpha value is -3.89. The van der Waals surface area contributed by atoms with Crippen molar-refractivity contribution in [2.75, 3.05) is 19.0 Å². The van der Waals surface area contributed by atoms with Crippen molar-refractivity contribution < 1.29 is 9.53 Å². The molecule has 1 heterocycles. The molecule has 1 aromatic heterocycles. The van der Waals surface area contributed by atoms with E-state index >= 15 is 0 Å². The van der Waals surface area contributed by atoms with Crippen LogP contribution in [-0.2, 0) is 4.79 Å². The Morgan fingerprint density at radius 1 is 1.24 bits per heavy atom. The first-order chi connectivity index (χ1) is 16.0. The highest BCUT2D eigenvalue weighted by molar-refractivity contribution is 7.11. The summed E-state index contributed by atoms with van der Waals surface area (Å²) in [5, 5.41) is 14.1. The summed E-state index contributed by atoms with van der Waals surface area (Å²) in [6.45, 7) is 2.29. The fraction of sp³-hybridized carbons (Fsp3) is 0.192. The van der Waals surface area contributed by atoms with Crippen LogP contribution in [-0.4, -0.2) is 25.7 Å². The van der Waals surface area contributed by atoms with E-state index in [1.807, 2.05) is 73.0 Å². The van der Waals surface area contributed by atoms with Gasteiger partial charge in [0.1, 0.15) is 11.8 Å². The van der Waals surface area contributed by atoms with E-state index in [2.05, 4.69) is 16.4 Å². The maximum atomic E-state index is 13.9. The van der Waals surface area contributed by atoms with Gasteiger partial charge in [-0.05, 0) is 36.1 Å². The Balaban J connectivity index is 2.05. The van der Waals surface area contributed by atoms with E-state index in [0.29, 0.717) is 23.6 Å². The second-order valence-corrected chi connectivity index (χ2v) is 8.28. The molecular formula is C26H26N4O2S. The highest BCUT2D eigenvalue weighted by Gasteiger charge is 2.26. The molecule has 3 N–H and O–H groups in total. The van der Waals surface area contributed by atoms with Gasteiger partial charge in [0.15, 0.2) is 5.78 Å². The van der Waals surface area contributed by atoms with E-state index in [0.717, 1.165) is 21.7 Å². The number of hydrogen-bond acceptors (Lipinski definition) is 7. The number of methoxy groups -OCH3 is 1. The number of hydrogen-bond donors (Lipinski definition) is 2. The van der Waals surface area contributed by atoms with Gasteiger partial charge < -0.3 is 15.8 Å². The summed E-state index contributed by atoms with van der Waals surface area (Å²) in [4.78, 5) is 19.0. The van der Waals surface area contributed by atoms with E-state index in [-0.39, 0.29) is 12.2 Å². The monoisotopic (exact) mass is 458 g/mol. The van der Waals surface area contributed by atoms with Crippen molar-refractivity contribution in [3.8, 4) is 11.8 Å². The zero-order chi connectivity index (χ0) is 23.6. The number of rotatable bonds is 10. The first-order valence-corrected chi connectivity index (χ1v) is 11.3. The zero-order valence-corrected chi connectivity index (χ0v) is 19.4. The van der Waals surface area contributed by atoms with E-state index in [4.69, 9.17) is 15.7 Å². The number of anilines is 1. The molecule has 0 saturated carbocycles. The number of ketones is 1. The zero-order valence-electron chi connectivity index (χ0n) is 18.6. The average Bonchev–Trinajstić information content (AvgIpc) is 3.38. The number of nitriles is 1. The molecule has 3 aromatic rings. The molecular weight excluding hydrogens is 432 g/mol. The van der Waals surface area contributed by atoms with Gasteiger partial charge in [0.05, 0.1) is 42.3 Å². The minimum absolute atomic E-state index is 0.215. The SMILES string of the molecule is COc1cccc(NC(C(=O)C(C=NCCC#N)=C(N)c2cccs2)c2ccc(C)cc2)c1. The predicted octanol–water partition coefficient (Wildman–Crippen LogP) is 5.14. The number of thiophene rings is 1. The topological polar surface area (TPSA) is 100 Å². The van der Waals surface area contributed by atoms with Crippen LogP contribution in [0.1, 0.15) is 28.5 Å². The number of Topliss-reactive ketones (excluding diaryl/α,β-unsaturated/α-hetero) is 1. The average molecular weight is 459 g/mol. The van der Waals surface area contributed by atoms with Gasteiger partial charge in [0, 0.05) is 18.0 Å². The molecule has 6 nitrogen and oxygen atoms in total. The van der Waals surface area contributed by atoms with Crippen molar-refractivity contribution >= 4 is 34.7 Å². The van der Waals surface area contributed by atoms with Crippen molar-refractivity contribution in [3.63, 3.8) is 0 Å². The molecule has 3 rings (SSSR count). The number of nitrogens with one attached hydrogen (secondary N) is 1. The van der Waals surface area contributed by atoms with Crippen LogP contribution in [0.5, 0.6) is 5.75 Å². The first-order valence-electron chi connectivity index (χ1n) is 10.4. The van der Waals surface area contributed by atoms with Crippen LogP contribution >= 0.6 is 11.3 Å². The number of benzene rings is 2. The molecule has 0 radical (unpaired) electrons. The van der Waals surface area contributed by atoms with Crippen molar-refractivity contribution in [1.82, 2.24) is 0 Å². The third-order valence-electron chi connectivity index (χ3n) is 4.97. The number of ether oxygens (including phenoxy) is 1. The van der Waals surface area contributed by atoms with E-state index in [9.17, 15) is 4.79 Å². The van der Waals surface area contributed by atoms with Crippen LogP contribution in [0.4, 0.5) is 5.69 Å². The molecule has 0 aliphatic rings. The van der Waals surface area contributed by atoms with E-state index in [1.54, 1.807) is 7.11 Å². The third kappa shape index (κ3) is 6.31. The summed E-state index contributed by atoms with van der Waals surface area (Å²) in [6, 6.07) is 20.3. The molecule has 2 aromatic carbocycles. The summed E-state index contributed by atoms with van der Waals surface area (Å²) in [7, 11) is 1.60. The molecule has 0 aliphatic heterocycles. The highest BCUT2D eigenvalue weighted by Crippen LogP contribution is 2.28. The van der Waals surface area contributed by atoms with Crippen LogP contribution in [0.25, 0.3) is 5.70 Å². The van der Waals surface area contributed by atoms with Gasteiger partial charge in [-0.2, -0.15) is 5.26 Å². The van der Waals surface area contributed by atoms with Gasteiger partial charge in [0.2, 0.25) is 0 Å². The van der Waals surface area contributed by atoms with Gasteiger partial charge in [-0.1, -0.05) is 42.0 Å². The molecule has 0 bridgehead atoms. The molecule has 0 spiro atoms. The maximum Gasteiger partial charge on any atom is 0.193 e. The van der Waals surface area contributed by atoms with Gasteiger partial charge in [-0.25, -0.2) is 0 Å². The molecule has 168 valence electrons. The molecule has 1 unspecified atom stereocenters. The summed E-state index contributed by atoms with van der Waals surface area (Å²) in [5.74, 6) is 0.468. The number of aliphatic imine (C=N–C) groups is 1. The van der Waals surface area contributed by atoms with Crippen molar-refractivity contribution in [2.24, 2.45) is 10.7 Å². The Bertz CT molecular complexity index is 1180. The molecule has 33 heavy (non-hydrogen) atoms. The van der Waals surface area contributed by atoms with Crippen molar-refractivity contribution in [3.05, 3.63) is 87.6 Å². The third-order valence-corrected chi connectivity index (χ3v) is 5.87. The lowest BCUT2D eigenvalue weighted by Gasteiger charge is -2.21. The predicted molar refractivity (Wildman–Crippen MR) is 135 cm³/mol. The van der Waals surface area contributed by atoms with Crippen LogP contribution < -0.4 is 15.8 Å². The summed E-state index contributed by atoms with van der Waals surface area (Å²) < 4.78 is 5.33. The number of nitrogens with zero attached hydrogens (tertiary/aromatic N) is 2. The van der Waals surface area contributed by atoms with Crippen LogP contribution in [0.15, 0.2) is 76.6 Å². The van der Waals surface area contributed by atoms with Crippen molar-refractivity contribution in [2.45, 2.75) is 19.4 Å². The molecule has 1 atom stereocenters. The summed E-state index contributed by atoms with van der Waals surface area (Å²) in [6.07, 6.45) is 1.75. The van der Waals surface area contributed by atoms with E-state index < -0.39 is 6.04 Å². The molecule has 0 amide bonds. The van der Waals surface area contributed by atoms with Gasteiger partial charge in [-0.15, -0.1) is 11.3 Å². The minimum Gasteiger partial charge on any atom is -0.497 e. The van der Waals surface area contributed by atoms with E-state index in [1.165, 1.54) is 17.6 Å². The Morgan fingerprint density at radius 2 is 2.03 bits per heavy atom. The maximum absolute atomic E-state index is 13.9. The number of carbonyl (C=O) groups is 1. The van der Waals surface area contributed by atoms with Gasteiger partial charge >= 0.3 is 0 Å². The first kappa shape index (κ1) is 23.8. The van der Waals surface area contributed by atoms with Crippen LogP contribution in [0, 0.1) is 18.3 Å². The minimum atomic E-state index is -0.700. The second kappa shape index (κ2) is 11.7. The standard InChI is InChI=1S/C26H26N4O2S/c1-18-9-11-19(12-10-18)25(30-20-6-3-7-21(16-20)32-2)26(31)22(17-29-14-5-13-27)24(28)23-8-4-15-33-23/h3-4,6-12,15-17,25,30H,5,14,28H2,1-2H3. The number of aryl methyl sites for hydroxylation is 1. The van der Waals surface area contributed by atoms with Crippen LogP contribution in [0.3, 0.4) is 0 Å². The smallest absolute Gasteiger partial charge is 0.193 e. The fourth-order valence-electron chi connectivity index (χ4n) is 3.20.